The van der Waals surface area contributed by atoms with Crippen LogP contribution in [0.3, 0.4) is 0 Å². The Hall–Kier alpha value is -1.04. The van der Waals surface area contributed by atoms with Gasteiger partial charge in [0.25, 0.3) is 0 Å². The standard InChI is InChI=1S/C27H26Br4O5S/c1-11(2)17-24(30)19(13(5)22(28)26(17)32)21(15-9-7-8-10-16(15)37(34,35)36)20-14(6)23(29)27(33)18(12(3)4)25(20)31/h7-12,32H,1-6H3,(H,34,35,36)/b21-20-. The SMILES string of the molecule is CC1=C(Br)C(=[OH+])C(C(C)C)=C(Br)/C1=C(/c1ccccc1S(=O)(=O)[O-])c1c(C)c(Br)c(O)c(C(C)C)c1Br. The van der Waals surface area contributed by atoms with Gasteiger partial charge >= 0.3 is 5.78 Å². The van der Waals surface area contributed by atoms with Crippen molar-refractivity contribution in [2.45, 2.75) is 52.4 Å². The lowest BCUT2D eigenvalue weighted by Gasteiger charge is -2.28. The van der Waals surface area contributed by atoms with Gasteiger partial charge in [0.05, 0.1) is 14.9 Å². The summed E-state index contributed by atoms with van der Waals surface area (Å²) in [6, 6.07) is 6.08. The molecule has 0 aliphatic heterocycles. The molecule has 0 spiro atoms. The van der Waals surface area contributed by atoms with E-state index in [4.69, 9.17) is 0 Å². The van der Waals surface area contributed by atoms with Crippen molar-refractivity contribution in [2.75, 3.05) is 0 Å². The lowest BCUT2D eigenvalue weighted by Crippen LogP contribution is -2.19. The highest BCUT2D eigenvalue weighted by Gasteiger charge is 2.37. The molecule has 1 aliphatic carbocycles. The quantitative estimate of drug-likeness (QED) is 0.243. The number of halogens is 4. The Labute approximate surface area is 251 Å². The van der Waals surface area contributed by atoms with Crippen LogP contribution in [-0.2, 0) is 10.1 Å². The van der Waals surface area contributed by atoms with Crippen LogP contribution in [0, 0.1) is 12.8 Å². The minimum Gasteiger partial charge on any atom is -0.744 e. The first kappa shape index (κ1) is 30.5. The lowest BCUT2D eigenvalue weighted by molar-refractivity contribution is 0.459. The number of allylic oxidation sites excluding steroid dienone is 5. The van der Waals surface area contributed by atoms with Crippen molar-refractivity contribution in [1.82, 2.24) is 0 Å². The first-order valence-electron chi connectivity index (χ1n) is 11.4. The van der Waals surface area contributed by atoms with Crippen LogP contribution in [0.5, 0.6) is 5.75 Å². The van der Waals surface area contributed by atoms with E-state index < -0.39 is 10.1 Å². The maximum atomic E-state index is 12.5. The summed E-state index contributed by atoms with van der Waals surface area (Å²) < 4.78 is 39.5. The van der Waals surface area contributed by atoms with Crippen LogP contribution in [0.25, 0.3) is 5.57 Å². The number of rotatable bonds is 5. The fourth-order valence-corrected chi connectivity index (χ4v) is 8.34. The molecule has 0 atom stereocenters. The normalized spacial score (nSPS) is 16.4. The Balaban J connectivity index is 2.77. The van der Waals surface area contributed by atoms with Crippen LogP contribution in [-0.4, -0.2) is 28.7 Å². The van der Waals surface area contributed by atoms with E-state index in [1.165, 1.54) is 12.1 Å². The molecular formula is C27H26Br4O5S. The average molecular weight is 782 g/mol. The van der Waals surface area contributed by atoms with Crippen molar-refractivity contribution in [2.24, 2.45) is 5.92 Å². The molecule has 0 unspecified atom stereocenters. The van der Waals surface area contributed by atoms with Crippen molar-refractivity contribution in [3.8, 4) is 5.75 Å². The van der Waals surface area contributed by atoms with Gasteiger partial charge in [0, 0.05) is 36.8 Å². The van der Waals surface area contributed by atoms with Gasteiger partial charge in [0.1, 0.15) is 20.4 Å². The highest BCUT2D eigenvalue weighted by Crippen LogP contribution is 2.52. The third kappa shape index (κ3) is 5.39. The van der Waals surface area contributed by atoms with Gasteiger partial charge in [-0.05, 0) is 107 Å². The molecule has 0 bridgehead atoms. The fourth-order valence-electron chi connectivity index (χ4n) is 4.55. The van der Waals surface area contributed by atoms with Crippen molar-refractivity contribution in [3.05, 3.63) is 81.1 Å². The second kappa shape index (κ2) is 11.2. The Morgan fingerprint density at radius 2 is 1.51 bits per heavy atom. The zero-order valence-corrected chi connectivity index (χ0v) is 28.2. The Morgan fingerprint density at radius 1 is 0.946 bits per heavy atom. The number of ketones is 1. The van der Waals surface area contributed by atoms with Crippen molar-refractivity contribution in [3.63, 3.8) is 0 Å². The highest BCUT2D eigenvalue weighted by molar-refractivity contribution is 9.12. The van der Waals surface area contributed by atoms with Crippen LogP contribution in [0.2, 0.25) is 0 Å². The number of aromatic hydroxyl groups is 1. The molecule has 0 heterocycles. The average Bonchev–Trinajstić information content (AvgIpc) is 2.79. The van der Waals surface area contributed by atoms with Crippen LogP contribution < -0.4 is 0 Å². The molecular weight excluding hydrogens is 756 g/mol. The van der Waals surface area contributed by atoms with Crippen LogP contribution in [0.4, 0.5) is 0 Å². The summed E-state index contributed by atoms with van der Waals surface area (Å²) in [6.45, 7) is 11.4. The molecule has 3 rings (SSSR count). The summed E-state index contributed by atoms with van der Waals surface area (Å²) in [5.74, 6) is -0.0188. The van der Waals surface area contributed by atoms with Gasteiger partial charge in [-0.2, -0.15) is 0 Å². The van der Waals surface area contributed by atoms with E-state index in [0.717, 1.165) is 0 Å². The fraction of sp³-hybridized carbons (Fsp3) is 0.296. The molecule has 10 heteroatoms. The largest absolute Gasteiger partial charge is 0.744 e. The van der Waals surface area contributed by atoms with Gasteiger partial charge in [-0.1, -0.05) is 45.9 Å². The van der Waals surface area contributed by atoms with Gasteiger partial charge in [-0.3, -0.25) is 4.79 Å². The molecule has 2 aromatic carbocycles. The number of carbonyl (C=O) groups excluding carboxylic acids is 1. The summed E-state index contributed by atoms with van der Waals surface area (Å²) in [6.07, 6.45) is 0. The Kier molecular flexibility index (Phi) is 9.24. The smallest absolute Gasteiger partial charge is 0.358 e. The summed E-state index contributed by atoms with van der Waals surface area (Å²) in [4.78, 5) is 10.6. The summed E-state index contributed by atoms with van der Waals surface area (Å²) in [7, 11) is -4.86. The summed E-state index contributed by atoms with van der Waals surface area (Å²) in [5, 5.41) is 11.0. The highest BCUT2D eigenvalue weighted by atomic mass is 79.9. The Bertz CT molecular complexity index is 1530. The number of phenols is 1. The minimum absolute atomic E-state index is 0.0813. The maximum Gasteiger partial charge on any atom is 0.358 e. The number of hydrogen-bond donors (Lipinski definition) is 1. The zero-order valence-electron chi connectivity index (χ0n) is 21.0. The van der Waals surface area contributed by atoms with E-state index >= 15 is 0 Å². The first-order chi connectivity index (χ1) is 17.0. The molecule has 0 saturated carbocycles. The number of benzene rings is 2. The summed E-state index contributed by atoms with van der Waals surface area (Å²) >= 11 is 14.5. The van der Waals surface area contributed by atoms with Crippen LogP contribution >= 0.6 is 63.7 Å². The van der Waals surface area contributed by atoms with E-state index in [9.17, 15) is 22.9 Å². The molecule has 2 N–H and O–H groups in total. The molecule has 0 saturated heterocycles. The Morgan fingerprint density at radius 3 is 2.03 bits per heavy atom. The summed E-state index contributed by atoms with van der Waals surface area (Å²) in [5.41, 5.74) is 4.44. The van der Waals surface area contributed by atoms with Gasteiger partial charge in [0.2, 0.25) is 0 Å². The molecule has 0 amide bonds. The molecule has 1 aliphatic rings. The second-order valence-electron chi connectivity index (χ2n) is 9.42. The molecule has 2 aromatic rings. The maximum absolute atomic E-state index is 12.5. The van der Waals surface area contributed by atoms with Gasteiger partial charge in [0.15, 0.2) is 0 Å². The predicted molar refractivity (Wildman–Crippen MR) is 162 cm³/mol. The van der Waals surface area contributed by atoms with Crippen molar-refractivity contribution >= 4 is 85.2 Å². The predicted octanol–water partition coefficient (Wildman–Crippen LogP) is 8.59. The van der Waals surface area contributed by atoms with Gasteiger partial charge < -0.3 is 9.66 Å². The van der Waals surface area contributed by atoms with Gasteiger partial charge in [-0.25, -0.2) is 8.42 Å². The third-order valence-corrected chi connectivity index (χ3v) is 10.8. The number of hydrogen-bond acceptors (Lipinski definition) is 4. The van der Waals surface area contributed by atoms with E-state index in [1.54, 1.807) is 12.1 Å². The second-order valence-corrected chi connectivity index (χ2v) is 13.9. The van der Waals surface area contributed by atoms with E-state index in [0.29, 0.717) is 56.9 Å². The van der Waals surface area contributed by atoms with Crippen molar-refractivity contribution < 1.29 is 22.9 Å². The van der Waals surface area contributed by atoms with E-state index in [2.05, 4.69) is 63.7 Å². The molecule has 0 fully saturated rings. The molecule has 5 nitrogen and oxygen atoms in total. The molecule has 0 aromatic heterocycles. The van der Waals surface area contributed by atoms with Crippen LogP contribution in [0.1, 0.15) is 62.8 Å². The van der Waals surface area contributed by atoms with Gasteiger partial charge in [-0.15, -0.1) is 0 Å². The topological polar surface area (TPSA) is 98.8 Å². The number of phenolic OH excluding ortho intramolecular Hbond substituents is 1. The third-order valence-electron chi connectivity index (χ3n) is 6.33. The van der Waals surface area contributed by atoms with Crippen molar-refractivity contribution in [1.29, 1.82) is 0 Å². The lowest BCUT2D eigenvalue weighted by atomic mass is 9.81. The monoisotopic (exact) mass is 778 g/mol. The molecule has 198 valence electrons. The van der Waals surface area contributed by atoms with E-state index in [1.807, 2.05) is 41.5 Å². The molecule has 0 radical (unpaired) electrons. The molecule has 37 heavy (non-hydrogen) atoms. The minimum atomic E-state index is -4.86. The first-order valence-corrected chi connectivity index (χ1v) is 16.0. The van der Waals surface area contributed by atoms with Crippen LogP contribution in [0.15, 0.2) is 63.8 Å². The zero-order chi connectivity index (χ0) is 28.1. The van der Waals surface area contributed by atoms with E-state index in [-0.39, 0.29) is 33.8 Å².